The minimum Gasteiger partial charge on any atom is -0.338 e. The van der Waals surface area contributed by atoms with E-state index in [0.717, 1.165) is 30.7 Å². The molecular weight excluding hydrogens is 392 g/mol. The third-order valence-electron chi connectivity index (χ3n) is 5.80. The summed E-state index contributed by atoms with van der Waals surface area (Å²) >= 11 is 0. The molecule has 3 aliphatic rings. The minimum absolute atomic E-state index is 0.0247. The fourth-order valence-electron chi connectivity index (χ4n) is 4.12. The molecule has 9 nitrogen and oxygen atoms in total. The number of amides is 3. The molecule has 0 aromatic carbocycles. The van der Waals surface area contributed by atoms with Gasteiger partial charge in [0.05, 0.1) is 6.42 Å². The molecule has 1 unspecified atom stereocenters. The highest BCUT2D eigenvalue weighted by Gasteiger charge is 2.49. The van der Waals surface area contributed by atoms with Crippen LogP contribution in [0.5, 0.6) is 0 Å². The average molecular weight is 418 g/mol. The van der Waals surface area contributed by atoms with Crippen LogP contribution in [0.2, 0.25) is 0 Å². The second-order valence-corrected chi connectivity index (χ2v) is 7.88. The number of fused-ring (bicyclic) bond motifs is 1. The molecule has 0 radical (unpaired) electrons. The van der Waals surface area contributed by atoms with E-state index in [2.05, 4.69) is 11.8 Å². The first-order valence-corrected chi connectivity index (χ1v) is 10.4. The fraction of sp³-hybridized carbons (Fsp3) is 0.667. The average Bonchev–Trinajstić information content (AvgIpc) is 3.19. The van der Waals surface area contributed by atoms with Crippen molar-refractivity contribution in [1.82, 2.24) is 10.1 Å². The standard InChI is InChI=1S/C21H26N2O7/c1-22(29-21(28)13-16-14-7-4-2-3-5-8-15(14)16)17(24)9-6-10-20(27)30-23-18(25)11-12-19(23)26/h14-16H,4-13H2,1H3/t14-,15+,16?. The van der Waals surface area contributed by atoms with Crippen LogP contribution in [0.1, 0.15) is 64.2 Å². The Bertz CT molecular complexity index is 763. The zero-order chi connectivity index (χ0) is 21.7. The Hall–Kier alpha value is -2.89. The second kappa shape index (κ2) is 9.74. The Balaban J connectivity index is 1.31. The van der Waals surface area contributed by atoms with Gasteiger partial charge in [0.1, 0.15) is 0 Å². The van der Waals surface area contributed by atoms with Gasteiger partial charge >= 0.3 is 11.9 Å². The van der Waals surface area contributed by atoms with Gasteiger partial charge in [0, 0.05) is 45.6 Å². The highest BCUT2D eigenvalue weighted by atomic mass is 16.7. The summed E-state index contributed by atoms with van der Waals surface area (Å²) < 4.78 is 0. The van der Waals surface area contributed by atoms with Crippen LogP contribution < -0.4 is 0 Å². The van der Waals surface area contributed by atoms with Crippen molar-refractivity contribution in [3.63, 3.8) is 0 Å². The number of hydroxylamine groups is 4. The molecule has 2 aliphatic carbocycles. The van der Waals surface area contributed by atoms with Crippen molar-refractivity contribution in [3.8, 4) is 11.8 Å². The first kappa shape index (κ1) is 21.8. The molecule has 0 N–H and O–H groups in total. The Labute approximate surface area is 174 Å². The van der Waals surface area contributed by atoms with E-state index in [9.17, 15) is 24.0 Å². The van der Waals surface area contributed by atoms with Crippen LogP contribution in [-0.4, -0.2) is 46.8 Å². The fourth-order valence-corrected chi connectivity index (χ4v) is 4.12. The number of hydrogen-bond donors (Lipinski definition) is 0. The highest BCUT2D eigenvalue weighted by Crippen LogP contribution is 2.54. The van der Waals surface area contributed by atoms with Gasteiger partial charge in [0.2, 0.25) is 0 Å². The number of nitrogens with zero attached hydrogens (tertiary/aromatic N) is 2. The molecule has 3 atom stereocenters. The summed E-state index contributed by atoms with van der Waals surface area (Å²) in [4.78, 5) is 68.7. The van der Waals surface area contributed by atoms with E-state index >= 15 is 0 Å². The number of hydrogen-bond acceptors (Lipinski definition) is 7. The topological polar surface area (TPSA) is 110 Å². The van der Waals surface area contributed by atoms with Gasteiger partial charge in [0.25, 0.3) is 17.7 Å². The van der Waals surface area contributed by atoms with E-state index in [4.69, 9.17) is 9.68 Å². The van der Waals surface area contributed by atoms with Crippen LogP contribution >= 0.6 is 0 Å². The quantitative estimate of drug-likeness (QED) is 0.350. The first-order chi connectivity index (χ1) is 14.4. The molecule has 0 bridgehead atoms. The number of carbonyl (C=O) groups excluding carboxylic acids is 5. The minimum atomic E-state index is -0.766. The Morgan fingerprint density at radius 1 is 1.00 bits per heavy atom. The maximum atomic E-state index is 12.2. The van der Waals surface area contributed by atoms with Crippen LogP contribution in [0.25, 0.3) is 0 Å². The molecule has 9 heteroatoms. The van der Waals surface area contributed by atoms with Crippen LogP contribution in [0.4, 0.5) is 0 Å². The molecule has 0 aromatic rings. The van der Waals surface area contributed by atoms with Crippen LogP contribution in [0.3, 0.4) is 0 Å². The van der Waals surface area contributed by atoms with Crippen molar-refractivity contribution >= 4 is 29.7 Å². The maximum Gasteiger partial charge on any atom is 0.333 e. The van der Waals surface area contributed by atoms with Crippen LogP contribution in [0.15, 0.2) is 0 Å². The molecule has 1 aliphatic heterocycles. The van der Waals surface area contributed by atoms with Crippen molar-refractivity contribution in [2.24, 2.45) is 17.8 Å². The molecule has 0 aromatic heterocycles. The largest absolute Gasteiger partial charge is 0.338 e. The zero-order valence-corrected chi connectivity index (χ0v) is 17.1. The number of imide groups is 1. The van der Waals surface area contributed by atoms with E-state index < -0.39 is 29.7 Å². The van der Waals surface area contributed by atoms with Crippen LogP contribution in [0, 0.1) is 29.6 Å². The molecule has 1 saturated heterocycles. The lowest BCUT2D eigenvalue weighted by molar-refractivity contribution is -0.198. The Morgan fingerprint density at radius 3 is 2.20 bits per heavy atom. The highest BCUT2D eigenvalue weighted by molar-refractivity contribution is 6.01. The van der Waals surface area contributed by atoms with Gasteiger partial charge in [-0.25, -0.2) is 9.59 Å². The molecule has 162 valence electrons. The summed E-state index contributed by atoms with van der Waals surface area (Å²) in [5.74, 6) is 4.85. The van der Waals surface area contributed by atoms with Crippen molar-refractivity contribution in [2.45, 2.75) is 64.2 Å². The molecule has 30 heavy (non-hydrogen) atoms. The monoisotopic (exact) mass is 418 g/mol. The second-order valence-electron chi connectivity index (χ2n) is 7.88. The smallest absolute Gasteiger partial charge is 0.333 e. The van der Waals surface area contributed by atoms with E-state index in [1.807, 2.05) is 0 Å². The normalized spacial score (nSPS) is 24.7. The van der Waals surface area contributed by atoms with Gasteiger partial charge < -0.3 is 9.68 Å². The summed E-state index contributed by atoms with van der Waals surface area (Å²) in [5, 5.41) is 1.37. The predicted octanol–water partition coefficient (Wildman–Crippen LogP) is 1.51. The summed E-state index contributed by atoms with van der Waals surface area (Å²) in [6, 6.07) is 0. The van der Waals surface area contributed by atoms with Crippen molar-refractivity contribution < 1.29 is 33.6 Å². The Morgan fingerprint density at radius 2 is 1.60 bits per heavy atom. The lowest BCUT2D eigenvalue weighted by Crippen LogP contribution is -2.32. The van der Waals surface area contributed by atoms with Crippen LogP contribution in [-0.2, 0) is 33.6 Å². The van der Waals surface area contributed by atoms with Crippen molar-refractivity contribution in [2.75, 3.05) is 7.05 Å². The summed E-state index contributed by atoms with van der Waals surface area (Å²) in [6.45, 7) is 0. The lowest BCUT2D eigenvalue weighted by Gasteiger charge is -2.16. The van der Waals surface area contributed by atoms with E-state index in [-0.39, 0.29) is 38.5 Å². The molecule has 2 fully saturated rings. The van der Waals surface area contributed by atoms with E-state index in [1.54, 1.807) is 0 Å². The molecule has 0 spiro atoms. The van der Waals surface area contributed by atoms with Gasteiger partial charge in [-0.05, 0) is 37.0 Å². The van der Waals surface area contributed by atoms with Gasteiger partial charge in [-0.3, -0.25) is 14.4 Å². The van der Waals surface area contributed by atoms with E-state index in [1.165, 1.54) is 7.05 Å². The summed E-state index contributed by atoms with van der Waals surface area (Å²) in [6.07, 6.45) is 4.06. The zero-order valence-electron chi connectivity index (χ0n) is 17.1. The molecule has 3 amide bonds. The first-order valence-electron chi connectivity index (χ1n) is 10.4. The number of rotatable bonds is 7. The lowest BCUT2D eigenvalue weighted by atomic mass is 10.1. The van der Waals surface area contributed by atoms with Crippen molar-refractivity contribution in [3.05, 3.63) is 0 Å². The third kappa shape index (κ3) is 5.59. The molecule has 1 heterocycles. The SMILES string of the molecule is CN(OC(=O)CC1[C@H]2CCC#CCC[C@@H]12)C(=O)CCCC(=O)ON1C(=O)CCC1=O. The molecule has 1 saturated carbocycles. The van der Waals surface area contributed by atoms with Crippen molar-refractivity contribution in [1.29, 1.82) is 0 Å². The van der Waals surface area contributed by atoms with Gasteiger partial charge in [-0.2, -0.15) is 5.06 Å². The summed E-state index contributed by atoms with van der Waals surface area (Å²) in [7, 11) is 1.37. The molecular formula is C21H26N2O7. The van der Waals surface area contributed by atoms with E-state index in [0.29, 0.717) is 22.8 Å². The van der Waals surface area contributed by atoms with Gasteiger partial charge in [0.15, 0.2) is 0 Å². The maximum absolute atomic E-state index is 12.2. The van der Waals surface area contributed by atoms with Gasteiger partial charge in [-0.1, -0.05) is 0 Å². The third-order valence-corrected chi connectivity index (χ3v) is 5.80. The Kier molecular flexibility index (Phi) is 7.08. The predicted molar refractivity (Wildman–Crippen MR) is 101 cm³/mol. The molecule has 3 rings (SSSR count). The summed E-state index contributed by atoms with van der Waals surface area (Å²) in [5.41, 5.74) is 0. The number of carbonyl (C=O) groups is 5. The van der Waals surface area contributed by atoms with Gasteiger partial charge in [-0.15, -0.1) is 16.9 Å².